The first-order valence-electron chi connectivity index (χ1n) is 7.11. The molecule has 1 aliphatic heterocycles. The largest absolute Gasteiger partial charge is 0.480 e. The summed E-state index contributed by atoms with van der Waals surface area (Å²) in [5.41, 5.74) is 10.5. The molecule has 9 heteroatoms. The maximum absolute atomic E-state index is 12.2. The van der Waals surface area contributed by atoms with Gasteiger partial charge in [0, 0.05) is 13.0 Å². The number of amides is 3. The number of aliphatic carboxylic acids is 1. The summed E-state index contributed by atoms with van der Waals surface area (Å²) in [7, 11) is 0. The molecule has 0 saturated carbocycles. The number of nitrogens with two attached hydrogens (primary N) is 2. The molecule has 0 radical (unpaired) electrons. The Bertz CT molecular complexity index is 465. The molecule has 1 fully saturated rings. The van der Waals surface area contributed by atoms with Crippen LogP contribution in [0.2, 0.25) is 0 Å². The van der Waals surface area contributed by atoms with Crippen LogP contribution in [0.25, 0.3) is 0 Å². The molecule has 3 unspecified atom stereocenters. The molecule has 1 aliphatic rings. The third-order valence-corrected chi connectivity index (χ3v) is 3.52. The van der Waals surface area contributed by atoms with Gasteiger partial charge in [0.15, 0.2) is 0 Å². The molecular weight excluding hydrogens is 292 g/mol. The number of nitrogens with one attached hydrogen (secondary N) is 1. The minimum Gasteiger partial charge on any atom is -0.480 e. The van der Waals surface area contributed by atoms with Crippen molar-refractivity contribution >= 4 is 23.7 Å². The van der Waals surface area contributed by atoms with Crippen LogP contribution in [-0.4, -0.2) is 58.4 Å². The minimum atomic E-state index is -1.25. The van der Waals surface area contributed by atoms with E-state index < -0.39 is 35.9 Å². The van der Waals surface area contributed by atoms with Gasteiger partial charge in [-0.05, 0) is 26.2 Å². The average molecular weight is 314 g/mol. The zero-order valence-corrected chi connectivity index (χ0v) is 12.4. The van der Waals surface area contributed by atoms with E-state index in [-0.39, 0.29) is 18.7 Å². The number of likely N-dealkylation sites (tertiary alicyclic amines) is 1. The Balaban J connectivity index is 2.70. The van der Waals surface area contributed by atoms with Gasteiger partial charge in [-0.15, -0.1) is 0 Å². The van der Waals surface area contributed by atoms with Gasteiger partial charge >= 0.3 is 5.97 Å². The van der Waals surface area contributed by atoms with Crippen molar-refractivity contribution in [2.24, 2.45) is 11.5 Å². The van der Waals surface area contributed by atoms with Crippen LogP contribution in [0, 0.1) is 0 Å². The molecule has 0 bridgehead atoms. The van der Waals surface area contributed by atoms with Gasteiger partial charge in [-0.3, -0.25) is 14.4 Å². The van der Waals surface area contributed by atoms with Crippen molar-refractivity contribution in [3.8, 4) is 0 Å². The van der Waals surface area contributed by atoms with Crippen LogP contribution in [0.15, 0.2) is 0 Å². The molecule has 0 aromatic heterocycles. The van der Waals surface area contributed by atoms with Crippen LogP contribution in [0.5, 0.6) is 0 Å². The number of carbonyl (C=O) groups is 4. The SMILES string of the molecule is CC(N)C(=O)N1CCCC1C(=O)NC(CCC(N)=O)C(=O)O. The highest BCUT2D eigenvalue weighted by molar-refractivity contribution is 5.92. The van der Waals surface area contributed by atoms with Crippen LogP contribution in [0.3, 0.4) is 0 Å². The zero-order valence-electron chi connectivity index (χ0n) is 12.4. The summed E-state index contributed by atoms with van der Waals surface area (Å²) >= 11 is 0. The Morgan fingerprint density at radius 2 is 2.00 bits per heavy atom. The van der Waals surface area contributed by atoms with Gasteiger partial charge in [0.1, 0.15) is 12.1 Å². The highest BCUT2D eigenvalue weighted by Crippen LogP contribution is 2.18. The van der Waals surface area contributed by atoms with E-state index in [9.17, 15) is 19.2 Å². The van der Waals surface area contributed by atoms with Crippen LogP contribution in [0.1, 0.15) is 32.6 Å². The van der Waals surface area contributed by atoms with Gasteiger partial charge in [-0.2, -0.15) is 0 Å². The van der Waals surface area contributed by atoms with Gasteiger partial charge in [-0.25, -0.2) is 4.79 Å². The van der Waals surface area contributed by atoms with E-state index in [0.717, 1.165) is 0 Å². The number of carboxylic acids is 1. The molecular formula is C13H22N4O5. The Morgan fingerprint density at radius 3 is 2.50 bits per heavy atom. The molecule has 22 heavy (non-hydrogen) atoms. The molecule has 6 N–H and O–H groups in total. The first-order chi connectivity index (χ1) is 10.2. The van der Waals surface area contributed by atoms with Crippen molar-refractivity contribution < 1.29 is 24.3 Å². The van der Waals surface area contributed by atoms with Gasteiger partial charge in [-0.1, -0.05) is 0 Å². The maximum atomic E-state index is 12.2. The maximum Gasteiger partial charge on any atom is 0.326 e. The number of hydrogen-bond donors (Lipinski definition) is 4. The Kier molecular flexibility index (Phi) is 6.29. The van der Waals surface area contributed by atoms with Crippen LogP contribution >= 0.6 is 0 Å². The number of nitrogens with zero attached hydrogens (tertiary/aromatic N) is 1. The molecule has 124 valence electrons. The molecule has 3 amide bonds. The number of hydrogen-bond acceptors (Lipinski definition) is 5. The molecule has 0 aromatic rings. The van der Waals surface area contributed by atoms with E-state index in [0.29, 0.717) is 19.4 Å². The Labute approximate surface area is 128 Å². The van der Waals surface area contributed by atoms with E-state index in [2.05, 4.69) is 5.32 Å². The molecule has 0 aromatic carbocycles. The molecule has 1 saturated heterocycles. The van der Waals surface area contributed by atoms with Gasteiger partial charge in [0.25, 0.3) is 0 Å². The summed E-state index contributed by atoms with van der Waals surface area (Å²) in [6.45, 7) is 1.94. The van der Waals surface area contributed by atoms with Crippen molar-refractivity contribution in [2.75, 3.05) is 6.54 Å². The van der Waals surface area contributed by atoms with E-state index in [1.807, 2.05) is 0 Å². The fourth-order valence-electron chi connectivity index (χ4n) is 2.38. The van der Waals surface area contributed by atoms with Gasteiger partial charge < -0.3 is 26.8 Å². The van der Waals surface area contributed by atoms with Crippen molar-refractivity contribution in [1.82, 2.24) is 10.2 Å². The summed E-state index contributed by atoms with van der Waals surface area (Å²) in [5.74, 6) is -2.79. The summed E-state index contributed by atoms with van der Waals surface area (Å²) in [6.07, 6.45) is 0.858. The summed E-state index contributed by atoms with van der Waals surface area (Å²) < 4.78 is 0. The molecule has 0 spiro atoms. The number of rotatable bonds is 7. The molecule has 3 atom stereocenters. The third kappa shape index (κ3) is 4.69. The number of primary amides is 1. The second-order valence-corrected chi connectivity index (χ2v) is 5.38. The van der Waals surface area contributed by atoms with Crippen LogP contribution < -0.4 is 16.8 Å². The first kappa shape index (κ1) is 17.9. The summed E-state index contributed by atoms with van der Waals surface area (Å²) in [6, 6.07) is -2.67. The second-order valence-electron chi connectivity index (χ2n) is 5.38. The van der Waals surface area contributed by atoms with E-state index in [1.165, 1.54) is 11.8 Å². The molecule has 1 rings (SSSR count). The number of carbonyl (C=O) groups excluding carboxylic acids is 3. The van der Waals surface area contributed by atoms with Crippen LogP contribution in [0.4, 0.5) is 0 Å². The lowest BCUT2D eigenvalue weighted by Crippen LogP contribution is -2.53. The predicted octanol–water partition coefficient (Wildman–Crippen LogP) is -1.84. The lowest BCUT2D eigenvalue weighted by atomic mass is 10.1. The van der Waals surface area contributed by atoms with E-state index >= 15 is 0 Å². The summed E-state index contributed by atoms with van der Waals surface area (Å²) in [5, 5.41) is 11.4. The topological polar surface area (TPSA) is 156 Å². The van der Waals surface area contributed by atoms with Crippen molar-refractivity contribution in [1.29, 1.82) is 0 Å². The Hall–Kier alpha value is -2.16. The predicted molar refractivity (Wildman–Crippen MR) is 76.4 cm³/mol. The lowest BCUT2D eigenvalue weighted by Gasteiger charge is -2.26. The van der Waals surface area contributed by atoms with Gasteiger partial charge in [0.05, 0.1) is 6.04 Å². The fraction of sp³-hybridized carbons (Fsp3) is 0.692. The zero-order chi connectivity index (χ0) is 16.9. The molecule has 9 nitrogen and oxygen atoms in total. The minimum absolute atomic E-state index is 0.0929. The third-order valence-electron chi connectivity index (χ3n) is 3.52. The first-order valence-corrected chi connectivity index (χ1v) is 7.11. The quantitative estimate of drug-likeness (QED) is 0.432. The van der Waals surface area contributed by atoms with Crippen molar-refractivity contribution in [2.45, 2.75) is 50.7 Å². The fourth-order valence-corrected chi connectivity index (χ4v) is 2.38. The highest BCUT2D eigenvalue weighted by Gasteiger charge is 2.36. The van der Waals surface area contributed by atoms with E-state index in [1.54, 1.807) is 0 Å². The highest BCUT2D eigenvalue weighted by atomic mass is 16.4. The molecule has 0 aliphatic carbocycles. The standard InChI is InChI=1S/C13H22N4O5/c1-7(14)12(20)17-6-2-3-9(17)11(19)16-8(13(21)22)4-5-10(15)18/h7-9H,2-6,14H2,1H3,(H2,15,18)(H,16,19)(H,21,22). The average Bonchev–Trinajstić information content (AvgIpc) is 2.90. The summed E-state index contributed by atoms with van der Waals surface area (Å²) in [4.78, 5) is 47.4. The smallest absolute Gasteiger partial charge is 0.326 e. The van der Waals surface area contributed by atoms with Crippen molar-refractivity contribution in [3.05, 3.63) is 0 Å². The number of carboxylic acid groups (broad SMARTS) is 1. The Morgan fingerprint density at radius 1 is 1.36 bits per heavy atom. The van der Waals surface area contributed by atoms with Crippen molar-refractivity contribution in [3.63, 3.8) is 0 Å². The molecule has 1 heterocycles. The van der Waals surface area contributed by atoms with Gasteiger partial charge in [0.2, 0.25) is 17.7 Å². The normalized spacial score (nSPS) is 20.3. The second kappa shape index (κ2) is 7.74. The van der Waals surface area contributed by atoms with Crippen LogP contribution in [-0.2, 0) is 19.2 Å². The monoisotopic (exact) mass is 314 g/mol. The lowest BCUT2D eigenvalue weighted by molar-refractivity contribution is -0.144. The van der Waals surface area contributed by atoms with E-state index in [4.69, 9.17) is 16.6 Å².